The molecule has 2 rings (SSSR count). The predicted octanol–water partition coefficient (Wildman–Crippen LogP) is 1.17. The number of amides is 1. The van der Waals surface area contributed by atoms with Crippen LogP contribution in [0.15, 0.2) is 41.3 Å². The number of carbonyl (C=O) groups is 1. The van der Waals surface area contributed by atoms with Crippen molar-refractivity contribution in [2.75, 3.05) is 0 Å². The summed E-state index contributed by atoms with van der Waals surface area (Å²) in [6, 6.07) is 5.76. The number of benzene rings is 1. The van der Waals surface area contributed by atoms with Crippen LogP contribution in [0.1, 0.15) is 29.6 Å². The Hall–Kier alpha value is -1.66. The quantitative estimate of drug-likeness (QED) is 0.814. The van der Waals surface area contributed by atoms with Crippen molar-refractivity contribution in [2.24, 2.45) is 5.14 Å². The number of carbonyl (C=O) groups excluding carboxylic acids is 1. The van der Waals surface area contributed by atoms with Gasteiger partial charge in [-0.15, -0.1) is 0 Å². The molecule has 3 N–H and O–H groups in total. The maximum absolute atomic E-state index is 12.0. The van der Waals surface area contributed by atoms with Crippen LogP contribution < -0.4 is 10.5 Å². The molecule has 1 atom stereocenters. The number of nitrogens with two attached hydrogens (primary N) is 1. The number of sulfonamides is 1. The molecule has 6 heteroatoms. The van der Waals surface area contributed by atoms with Crippen molar-refractivity contribution in [3.63, 3.8) is 0 Å². The lowest BCUT2D eigenvalue weighted by molar-refractivity contribution is 0.0934. The molecule has 102 valence electrons. The number of primary sulfonamides is 1. The molecular formula is C13H16N2O3S. The van der Waals surface area contributed by atoms with Gasteiger partial charge < -0.3 is 5.32 Å². The predicted molar refractivity (Wildman–Crippen MR) is 72.1 cm³/mol. The highest BCUT2D eigenvalue weighted by Crippen LogP contribution is 2.13. The third-order valence-electron chi connectivity index (χ3n) is 3.05. The first-order valence-corrected chi connectivity index (χ1v) is 7.60. The van der Waals surface area contributed by atoms with Crippen LogP contribution in [0, 0.1) is 0 Å². The van der Waals surface area contributed by atoms with Gasteiger partial charge in [0.2, 0.25) is 10.0 Å². The number of nitrogens with one attached hydrogen (secondary N) is 1. The van der Waals surface area contributed by atoms with Gasteiger partial charge in [0.05, 0.1) is 4.90 Å². The number of rotatable bonds is 3. The highest BCUT2D eigenvalue weighted by atomic mass is 32.2. The van der Waals surface area contributed by atoms with Crippen molar-refractivity contribution in [3.05, 3.63) is 42.0 Å². The van der Waals surface area contributed by atoms with E-state index in [2.05, 4.69) is 17.5 Å². The Kier molecular flexibility index (Phi) is 4.01. The van der Waals surface area contributed by atoms with Gasteiger partial charge in [-0.3, -0.25) is 4.79 Å². The summed E-state index contributed by atoms with van der Waals surface area (Å²) in [5.41, 5.74) is 0.432. The lowest BCUT2D eigenvalue weighted by Gasteiger charge is -2.19. The Balaban J connectivity index is 2.05. The fourth-order valence-corrected chi connectivity index (χ4v) is 2.50. The van der Waals surface area contributed by atoms with Crippen molar-refractivity contribution in [2.45, 2.75) is 30.2 Å². The number of allylic oxidation sites excluding steroid dienone is 1. The summed E-state index contributed by atoms with van der Waals surface area (Å²) < 4.78 is 22.2. The molecule has 0 radical (unpaired) electrons. The molecule has 1 aromatic rings. The molecule has 0 aliphatic heterocycles. The Bertz CT molecular complexity index is 591. The molecule has 1 aromatic carbocycles. The normalized spacial score (nSPS) is 19.1. The first kappa shape index (κ1) is 13.8. The first-order chi connectivity index (χ1) is 8.97. The average Bonchev–Trinajstić information content (AvgIpc) is 2.39. The van der Waals surface area contributed by atoms with Crippen molar-refractivity contribution < 1.29 is 13.2 Å². The van der Waals surface area contributed by atoms with E-state index in [1.54, 1.807) is 0 Å². The molecule has 1 unspecified atom stereocenters. The highest BCUT2D eigenvalue weighted by Gasteiger charge is 2.15. The highest BCUT2D eigenvalue weighted by molar-refractivity contribution is 7.89. The van der Waals surface area contributed by atoms with E-state index >= 15 is 0 Å². The maximum Gasteiger partial charge on any atom is 0.251 e. The van der Waals surface area contributed by atoms with Gasteiger partial charge in [0.15, 0.2) is 0 Å². The van der Waals surface area contributed by atoms with Crippen molar-refractivity contribution in [3.8, 4) is 0 Å². The van der Waals surface area contributed by atoms with E-state index in [1.165, 1.54) is 24.3 Å². The van der Waals surface area contributed by atoms with Gasteiger partial charge in [-0.1, -0.05) is 12.2 Å². The van der Waals surface area contributed by atoms with Crippen LogP contribution in [-0.2, 0) is 10.0 Å². The van der Waals surface area contributed by atoms with E-state index < -0.39 is 10.0 Å². The molecule has 0 heterocycles. The summed E-state index contributed by atoms with van der Waals surface area (Å²) >= 11 is 0. The standard InChI is InChI=1S/C13H16N2O3S/c14-19(17,18)12-8-6-10(7-9-12)13(16)15-11-4-2-1-3-5-11/h1-2,6-9,11H,3-5H2,(H,15,16)(H2,14,17,18). The fraction of sp³-hybridized carbons (Fsp3) is 0.308. The lowest BCUT2D eigenvalue weighted by Crippen LogP contribution is -2.35. The molecule has 0 spiro atoms. The summed E-state index contributed by atoms with van der Waals surface area (Å²) in [6.07, 6.45) is 6.88. The summed E-state index contributed by atoms with van der Waals surface area (Å²) in [6.45, 7) is 0. The van der Waals surface area contributed by atoms with E-state index in [1.807, 2.05) is 0 Å². The summed E-state index contributed by atoms with van der Waals surface area (Å²) in [5.74, 6) is -0.193. The van der Waals surface area contributed by atoms with E-state index in [-0.39, 0.29) is 16.8 Å². The Morgan fingerprint density at radius 1 is 1.21 bits per heavy atom. The van der Waals surface area contributed by atoms with E-state index in [0.29, 0.717) is 5.56 Å². The van der Waals surface area contributed by atoms with Crippen LogP contribution in [0.5, 0.6) is 0 Å². The van der Waals surface area contributed by atoms with Gasteiger partial charge >= 0.3 is 0 Å². The Morgan fingerprint density at radius 3 is 2.42 bits per heavy atom. The molecule has 19 heavy (non-hydrogen) atoms. The van der Waals surface area contributed by atoms with Gasteiger partial charge in [0.1, 0.15) is 0 Å². The number of hydrogen-bond acceptors (Lipinski definition) is 3. The van der Waals surface area contributed by atoms with Gasteiger partial charge in [-0.05, 0) is 43.5 Å². The third-order valence-corrected chi connectivity index (χ3v) is 3.98. The minimum absolute atomic E-state index is 0.00431. The fourth-order valence-electron chi connectivity index (χ4n) is 1.99. The molecule has 1 aliphatic carbocycles. The van der Waals surface area contributed by atoms with Crippen LogP contribution in [0.3, 0.4) is 0 Å². The molecule has 1 amide bonds. The van der Waals surface area contributed by atoms with E-state index in [4.69, 9.17) is 5.14 Å². The van der Waals surface area contributed by atoms with Crippen LogP contribution >= 0.6 is 0 Å². The van der Waals surface area contributed by atoms with Crippen LogP contribution in [0.2, 0.25) is 0 Å². The van der Waals surface area contributed by atoms with Crippen LogP contribution in [0.25, 0.3) is 0 Å². The average molecular weight is 280 g/mol. The molecule has 1 aliphatic rings. The summed E-state index contributed by atoms with van der Waals surface area (Å²) in [7, 11) is -3.71. The minimum Gasteiger partial charge on any atom is -0.349 e. The van der Waals surface area contributed by atoms with Crippen LogP contribution in [-0.4, -0.2) is 20.4 Å². The zero-order valence-electron chi connectivity index (χ0n) is 10.4. The van der Waals surface area contributed by atoms with Crippen molar-refractivity contribution in [1.29, 1.82) is 0 Å². The van der Waals surface area contributed by atoms with Gasteiger partial charge in [-0.25, -0.2) is 13.6 Å². The smallest absolute Gasteiger partial charge is 0.251 e. The number of hydrogen-bond donors (Lipinski definition) is 2. The lowest BCUT2D eigenvalue weighted by atomic mass is 10.0. The Labute approximate surface area is 112 Å². The largest absolute Gasteiger partial charge is 0.349 e. The minimum atomic E-state index is -3.71. The van der Waals surface area contributed by atoms with Crippen LogP contribution in [0.4, 0.5) is 0 Å². The molecular weight excluding hydrogens is 264 g/mol. The first-order valence-electron chi connectivity index (χ1n) is 6.05. The molecule has 0 saturated heterocycles. The topological polar surface area (TPSA) is 89.3 Å². The summed E-state index contributed by atoms with van der Waals surface area (Å²) in [4.78, 5) is 12.0. The maximum atomic E-state index is 12.0. The summed E-state index contributed by atoms with van der Waals surface area (Å²) in [5, 5.41) is 7.92. The zero-order chi connectivity index (χ0) is 13.9. The van der Waals surface area contributed by atoms with Gasteiger partial charge in [0, 0.05) is 11.6 Å². The SMILES string of the molecule is NS(=O)(=O)c1ccc(C(=O)NC2CC=CCC2)cc1. The van der Waals surface area contributed by atoms with E-state index in [9.17, 15) is 13.2 Å². The Morgan fingerprint density at radius 2 is 1.89 bits per heavy atom. The molecule has 5 nitrogen and oxygen atoms in total. The monoisotopic (exact) mass is 280 g/mol. The van der Waals surface area contributed by atoms with Gasteiger partial charge in [0.25, 0.3) is 5.91 Å². The third kappa shape index (κ3) is 3.65. The van der Waals surface area contributed by atoms with Crippen molar-refractivity contribution in [1.82, 2.24) is 5.32 Å². The molecule has 0 aromatic heterocycles. The molecule has 0 fully saturated rings. The molecule has 0 bridgehead atoms. The molecule has 0 saturated carbocycles. The second kappa shape index (κ2) is 5.54. The zero-order valence-corrected chi connectivity index (χ0v) is 11.2. The van der Waals surface area contributed by atoms with Crippen molar-refractivity contribution >= 4 is 15.9 Å². The van der Waals surface area contributed by atoms with Gasteiger partial charge in [-0.2, -0.15) is 0 Å². The van der Waals surface area contributed by atoms with E-state index in [0.717, 1.165) is 19.3 Å². The second-order valence-corrected chi connectivity index (χ2v) is 6.09. The second-order valence-electron chi connectivity index (χ2n) is 4.52.